The minimum atomic E-state index is -3.64. The van der Waals surface area contributed by atoms with Crippen molar-refractivity contribution in [2.45, 2.75) is 43.5 Å². The fourth-order valence-corrected chi connectivity index (χ4v) is 6.51. The average Bonchev–Trinajstić information content (AvgIpc) is 3.13. The van der Waals surface area contributed by atoms with E-state index in [1.807, 2.05) is 24.3 Å². The summed E-state index contributed by atoms with van der Waals surface area (Å²) in [7, 11) is -3.64. The monoisotopic (exact) mass is 454 g/mol. The van der Waals surface area contributed by atoms with Crippen molar-refractivity contribution in [3.63, 3.8) is 0 Å². The van der Waals surface area contributed by atoms with Crippen LogP contribution in [0.25, 0.3) is 11.0 Å². The molecule has 5 rings (SSSR count). The number of amides is 1. The second kappa shape index (κ2) is 7.90. The average molecular weight is 455 g/mol. The molecule has 2 aliphatic rings. The maximum absolute atomic E-state index is 13.3. The minimum absolute atomic E-state index is 0.0313. The highest BCUT2D eigenvalue weighted by Crippen LogP contribution is 2.32. The molecule has 1 amide bonds. The Hall–Kier alpha value is -2.91. The van der Waals surface area contributed by atoms with E-state index in [-0.39, 0.29) is 22.5 Å². The number of carbonyl (C=O) groups excluding carboxylic acids is 1. The van der Waals surface area contributed by atoms with Crippen LogP contribution in [0.4, 0.5) is 5.69 Å². The minimum Gasteiger partial charge on any atom is -0.312 e. The number of carbonyl (C=O) groups is 1. The largest absolute Gasteiger partial charge is 0.326 e. The van der Waals surface area contributed by atoms with Gasteiger partial charge in [0.25, 0.3) is 0 Å². The first-order valence-corrected chi connectivity index (χ1v) is 12.4. The van der Waals surface area contributed by atoms with Gasteiger partial charge in [-0.25, -0.2) is 13.2 Å². The van der Waals surface area contributed by atoms with E-state index in [9.17, 15) is 18.0 Å². The molecule has 168 valence electrons. The molecule has 0 saturated carbocycles. The zero-order valence-electron chi connectivity index (χ0n) is 18.0. The topological polar surface area (TPSA) is 95.5 Å². The summed E-state index contributed by atoms with van der Waals surface area (Å²) in [5.41, 5.74) is 3.19. The number of hydrogen-bond donors (Lipinski definition) is 1. The Morgan fingerprint density at radius 1 is 1.06 bits per heavy atom. The molecule has 8 nitrogen and oxygen atoms in total. The van der Waals surface area contributed by atoms with Crippen molar-refractivity contribution in [1.29, 1.82) is 0 Å². The molecule has 0 atom stereocenters. The number of rotatable bonds is 3. The van der Waals surface area contributed by atoms with E-state index in [4.69, 9.17) is 0 Å². The van der Waals surface area contributed by atoms with Crippen molar-refractivity contribution in [2.24, 2.45) is 0 Å². The second-order valence-corrected chi connectivity index (χ2v) is 10.5. The van der Waals surface area contributed by atoms with Gasteiger partial charge in [-0.15, -0.1) is 0 Å². The molecule has 2 aromatic carbocycles. The Labute approximate surface area is 186 Å². The molecule has 1 saturated heterocycles. The number of fused-ring (bicyclic) bond motifs is 2. The molecular weight excluding hydrogens is 428 g/mol. The standard InChI is InChI=1S/C23H26N4O4S/c1-16(28)26-12-4-5-17-15-19(8-9-21(17)26)32(30,31)25-13-10-18(11-14-25)27-22-7-3-2-6-20(22)24-23(27)29/h2-3,6-9,15,18H,4-5,10-14H2,1H3,(H,24,29). The van der Waals surface area contributed by atoms with Crippen molar-refractivity contribution in [3.05, 3.63) is 58.5 Å². The highest BCUT2D eigenvalue weighted by atomic mass is 32.2. The van der Waals surface area contributed by atoms with Crippen LogP contribution in [0.1, 0.15) is 37.8 Å². The summed E-state index contributed by atoms with van der Waals surface area (Å²) in [6, 6.07) is 12.6. The van der Waals surface area contributed by atoms with Gasteiger partial charge in [0, 0.05) is 38.3 Å². The van der Waals surface area contributed by atoms with E-state index in [1.54, 1.807) is 27.7 Å². The molecular formula is C23H26N4O4S. The fraction of sp³-hybridized carbons (Fsp3) is 0.391. The molecule has 0 radical (unpaired) electrons. The first-order chi connectivity index (χ1) is 15.4. The molecule has 0 aliphatic carbocycles. The van der Waals surface area contributed by atoms with E-state index < -0.39 is 10.0 Å². The number of para-hydroxylation sites is 2. The number of sulfonamides is 1. The normalized spacial score (nSPS) is 18.1. The SMILES string of the molecule is CC(=O)N1CCCc2cc(S(=O)(=O)N3CCC(n4c(=O)[nH]c5ccccc54)CC3)ccc21. The van der Waals surface area contributed by atoms with Crippen LogP contribution in [0.5, 0.6) is 0 Å². The van der Waals surface area contributed by atoms with Gasteiger partial charge in [0.1, 0.15) is 0 Å². The van der Waals surface area contributed by atoms with E-state index in [0.717, 1.165) is 35.1 Å². The van der Waals surface area contributed by atoms with Gasteiger partial charge in [-0.1, -0.05) is 12.1 Å². The Morgan fingerprint density at radius 3 is 2.56 bits per heavy atom. The molecule has 0 spiro atoms. The Morgan fingerprint density at radius 2 is 1.81 bits per heavy atom. The summed E-state index contributed by atoms with van der Waals surface area (Å²) in [6.45, 7) is 2.91. The third kappa shape index (κ3) is 3.45. The molecule has 3 aromatic rings. The lowest BCUT2D eigenvalue weighted by Gasteiger charge is -2.32. The summed E-state index contributed by atoms with van der Waals surface area (Å²) < 4.78 is 29.9. The fourth-order valence-electron chi connectivity index (χ4n) is 4.99. The van der Waals surface area contributed by atoms with Gasteiger partial charge in [-0.2, -0.15) is 4.31 Å². The van der Waals surface area contributed by atoms with Crippen LogP contribution in [0.3, 0.4) is 0 Å². The number of hydrogen-bond acceptors (Lipinski definition) is 4. The second-order valence-electron chi connectivity index (χ2n) is 8.52. The number of H-pyrrole nitrogens is 1. The molecule has 1 N–H and O–H groups in total. The Balaban J connectivity index is 1.37. The van der Waals surface area contributed by atoms with Gasteiger partial charge in [0.15, 0.2) is 0 Å². The lowest BCUT2D eigenvalue weighted by Crippen LogP contribution is -2.40. The molecule has 3 heterocycles. The number of piperidine rings is 1. The molecule has 2 aliphatic heterocycles. The number of aromatic nitrogens is 2. The van der Waals surface area contributed by atoms with Gasteiger partial charge >= 0.3 is 5.69 Å². The van der Waals surface area contributed by atoms with E-state index >= 15 is 0 Å². The summed E-state index contributed by atoms with van der Waals surface area (Å²) in [5.74, 6) is -0.0313. The zero-order valence-corrected chi connectivity index (χ0v) is 18.8. The maximum Gasteiger partial charge on any atom is 0.326 e. The van der Waals surface area contributed by atoms with Gasteiger partial charge < -0.3 is 9.88 Å². The predicted molar refractivity (Wildman–Crippen MR) is 122 cm³/mol. The van der Waals surface area contributed by atoms with Crippen LogP contribution in [-0.4, -0.2) is 47.8 Å². The molecule has 0 unspecified atom stereocenters. The highest BCUT2D eigenvalue weighted by Gasteiger charge is 2.32. The molecule has 9 heteroatoms. The first kappa shape index (κ1) is 21.0. The van der Waals surface area contributed by atoms with Crippen LogP contribution >= 0.6 is 0 Å². The number of benzene rings is 2. The van der Waals surface area contributed by atoms with Crippen LogP contribution in [0, 0.1) is 0 Å². The van der Waals surface area contributed by atoms with Crippen molar-refractivity contribution in [3.8, 4) is 0 Å². The predicted octanol–water partition coefficient (Wildman–Crippen LogP) is 2.65. The van der Waals surface area contributed by atoms with Crippen LogP contribution in [0.15, 0.2) is 52.2 Å². The van der Waals surface area contributed by atoms with Crippen LogP contribution in [0.2, 0.25) is 0 Å². The van der Waals surface area contributed by atoms with Crippen molar-refractivity contribution in [2.75, 3.05) is 24.5 Å². The highest BCUT2D eigenvalue weighted by molar-refractivity contribution is 7.89. The molecule has 1 fully saturated rings. The van der Waals surface area contributed by atoms with E-state index in [0.29, 0.717) is 32.5 Å². The lowest BCUT2D eigenvalue weighted by atomic mass is 10.0. The summed E-state index contributed by atoms with van der Waals surface area (Å²) in [6.07, 6.45) is 2.73. The van der Waals surface area contributed by atoms with Gasteiger partial charge in [-0.05, 0) is 61.6 Å². The lowest BCUT2D eigenvalue weighted by molar-refractivity contribution is -0.116. The quantitative estimate of drug-likeness (QED) is 0.658. The summed E-state index contributed by atoms with van der Waals surface area (Å²) >= 11 is 0. The number of aromatic amines is 1. The summed E-state index contributed by atoms with van der Waals surface area (Å²) in [5, 5.41) is 0. The number of nitrogens with one attached hydrogen (secondary N) is 1. The number of anilines is 1. The van der Waals surface area contributed by atoms with Gasteiger partial charge in [0.2, 0.25) is 15.9 Å². The number of imidazole rings is 1. The van der Waals surface area contributed by atoms with E-state index in [1.165, 1.54) is 11.2 Å². The van der Waals surface area contributed by atoms with Crippen molar-refractivity contribution < 1.29 is 13.2 Å². The van der Waals surface area contributed by atoms with E-state index in [2.05, 4.69) is 4.98 Å². The first-order valence-electron chi connectivity index (χ1n) is 11.0. The molecule has 0 bridgehead atoms. The van der Waals surface area contributed by atoms with Crippen LogP contribution in [-0.2, 0) is 21.2 Å². The number of nitrogens with zero attached hydrogens (tertiary/aromatic N) is 3. The smallest absolute Gasteiger partial charge is 0.312 e. The summed E-state index contributed by atoms with van der Waals surface area (Å²) in [4.78, 5) is 29.2. The molecule has 1 aromatic heterocycles. The zero-order chi connectivity index (χ0) is 22.5. The third-order valence-electron chi connectivity index (χ3n) is 6.60. The maximum atomic E-state index is 13.3. The third-order valence-corrected chi connectivity index (χ3v) is 8.49. The Bertz CT molecular complexity index is 1350. The number of aryl methyl sites for hydroxylation is 1. The van der Waals surface area contributed by atoms with Gasteiger partial charge in [0.05, 0.1) is 15.9 Å². The van der Waals surface area contributed by atoms with Gasteiger partial charge in [-0.3, -0.25) is 9.36 Å². The van der Waals surface area contributed by atoms with Crippen molar-refractivity contribution in [1.82, 2.24) is 13.9 Å². The van der Waals surface area contributed by atoms with Crippen molar-refractivity contribution >= 4 is 32.7 Å². The van der Waals surface area contributed by atoms with Crippen LogP contribution < -0.4 is 10.6 Å². The Kier molecular flexibility index (Phi) is 5.17. The molecule has 32 heavy (non-hydrogen) atoms.